The van der Waals surface area contributed by atoms with Gasteiger partial charge in [-0.2, -0.15) is 0 Å². The van der Waals surface area contributed by atoms with E-state index in [1.54, 1.807) is 13.0 Å². The molecule has 0 saturated heterocycles. The van der Waals surface area contributed by atoms with E-state index >= 15 is 0 Å². The first-order chi connectivity index (χ1) is 8.04. The van der Waals surface area contributed by atoms with Gasteiger partial charge in [-0.3, -0.25) is 4.79 Å². The fraction of sp³-hybridized carbons (Fsp3) is 0.455. The van der Waals surface area contributed by atoms with Crippen LogP contribution in [0.5, 0.6) is 0 Å². The van der Waals surface area contributed by atoms with Gasteiger partial charge >= 0.3 is 5.97 Å². The molecule has 0 saturated carbocycles. The van der Waals surface area contributed by atoms with Gasteiger partial charge in [0.1, 0.15) is 17.1 Å². The molecular weight excluding hydrogens is 224 g/mol. The molecule has 6 nitrogen and oxygen atoms in total. The predicted molar refractivity (Wildman–Crippen MR) is 60.3 cm³/mol. The molecule has 1 aromatic rings. The van der Waals surface area contributed by atoms with Crippen molar-refractivity contribution in [2.45, 2.75) is 19.9 Å². The summed E-state index contributed by atoms with van der Waals surface area (Å²) in [6.45, 7) is 2.60. The Kier molecular flexibility index (Phi) is 4.71. The summed E-state index contributed by atoms with van der Waals surface area (Å²) in [5.41, 5.74) is 5.41. The number of nitrogens with one attached hydrogen (secondary N) is 1. The van der Waals surface area contributed by atoms with E-state index in [9.17, 15) is 9.59 Å². The zero-order chi connectivity index (χ0) is 12.8. The molecule has 3 N–H and O–H groups in total. The second-order valence-corrected chi connectivity index (χ2v) is 3.57. The quantitative estimate of drug-likeness (QED) is 0.552. The Morgan fingerprint density at radius 2 is 2.24 bits per heavy atom. The third kappa shape index (κ3) is 3.92. The number of esters is 1. The van der Waals surface area contributed by atoms with Crippen LogP contribution in [0.3, 0.4) is 0 Å². The molecule has 0 aliphatic carbocycles. The molecule has 0 bridgehead atoms. The number of carbonyl (C=O) groups excluding carboxylic acids is 2. The van der Waals surface area contributed by atoms with Crippen LogP contribution in [0.2, 0.25) is 0 Å². The topological polar surface area (TPSA) is 94.6 Å². The number of aryl methyl sites for hydroxylation is 1. The molecular formula is C11H16N2O4. The molecule has 1 amide bonds. The van der Waals surface area contributed by atoms with Crippen LogP contribution in [0, 0.1) is 6.92 Å². The van der Waals surface area contributed by atoms with E-state index in [1.165, 1.54) is 7.11 Å². The Labute approximate surface area is 99.1 Å². The van der Waals surface area contributed by atoms with Crippen molar-refractivity contribution in [3.8, 4) is 0 Å². The lowest BCUT2D eigenvalue weighted by atomic mass is 10.2. The van der Waals surface area contributed by atoms with Crippen molar-refractivity contribution in [3.05, 3.63) is 23.2 Å². The summed E-state index contributed by atoms with van der Waals surface area (Å²) in [6, 6.07) is 1.62. The van der Waals surface area contributed by atoms with Gasteiger partial charge in [0, 0.05) is 13.0 Å². The smallest absolute Gasteiger partial charge is 0.341 e. The summed E-state index contributed by atoms with van der Waals surface area (Å²) in [6.07, 6.45) is 0.267. The molecule has 0 radical (unpaired) electrons. The molecule has 0 fully saturated rings. The van der Waals surface area contributed by atoms with Gasteiger partial charge in [-0.1, -0.05) is 0 Å². The SMILES string of the molecule is COC(=O)c1cc(CNCCC(N)=O)oc1C. The van der Waals surface area contributed by atoms with Gasteiger partial charge in [-0.15, -0.1) is 0 Å². The highest BCUT2D eigenvalue weighted by Crippen LogP contribution is 2.15. The van der Waals surface area contributed by atoms with Crippen LogP contribution in [-0.4, -0.2) is 25.5 Å². The molecule has 6 heteroatoms. The van der Waals surface area contributed by atoms with Crippen molar-refractivity contribution in [2.24, 2.45) is 5.73 Å². The minimum atomic E-state index is -0.422. The first-order valence-corrected chi connectivity index (χ1v) is 5.21. The van der Waals surface area contributed by atoms with E-state index in [1.807, 2.05) is 0 Å². The average molecular weight is 240 g/mol. The number of carbonyl (C=O) groups is 2. The second kappa shape index (κ2) is 6.05. The van der Waals surface area contributed by atoms with Gasteiger partial charge in [-0.25, -0.2) is 4.79 Å². The maximum atomic E-state index is 11.3. The summed E-state index contributed by atoms with van der Waals surface area (Å²) in [5.74, 6) is 0.355. The van der Waals surface area contributed by atoms with Crippen LogP contribution < -0.4 is 11.1 Å². The number of rotatable bonds is 6. The lowest BCUT2D eigenvalue weighted by Crippen LogP contribution is -2.21. The molecule has 0 aliphatic heterocycles. The summed E-state index contributed by atoms with van der Waals surface area (Å²) in [4.78, 5) is 21.8. The fourth-order valence-electron chi connectivity index (χ4n) is 1.37. The molecule has 0 aliphatic rings. The maximum absolute atomic E-state index is 11.3. The summed E-state index contributed by atoms with van der Waals surface area (Å²) in [7, 11) is 1.32. The third-order valence-electron chi connectivity index (χ3n) is 2.22. The van der Waals surface area contributed by atoms with Gasteiger partial charge in [0.05, 0.1) is 13.7 Å². The number of methoxy groups -OCH3 is 1. The molecule has 94 valence electrons. The predicted octanol–water partition coefficient (Wildman–Crippen LogP) is 0.340. The van der Waals surface area contributed by atoms with Crippen LogP contribution in [0.1, 0.15) is 28.3 Å². The largest absolute Gasteiger partial charge is 0.465 e. The standard InChI is InChI=1S/C11H16N2O4/c1-7-9(11(15)16-2)5-8(17-7)6-13-4-3-10(12)14/h5,13H,3-4,6H2,1-2H3,(H2,12,14). The zero-order valence-electron chi connectivity index (χ0n) is 9.91. The number of ether oxygens (including phenoxy) is 1. The summed E-state index contributed by atoms with van der Waals surface area (Å²) in [5, 5.41) is 2.98. The molecule has 1 rings (SSSR count). The van der Waals surface area contributed by atoms with Crippen LogP contribution in [0.15, 0.2) is 10.5 Å². The van der Waals surface area contributed by atoms with Gasteiger partial charge in [0.25, 0.3) is 0 Å². The Morgan fingerprint density at radius 1 is 1.53 bits per heavy atom. The zero-order valence-corrected chi connectivity index (χ0v) is 9.91. The van der Waals surface area contributed by atoms with E-state index in [0.717, 1.165) is 0 Å². The van der Waals surface area contributed by atoms with E-state index in [0.29, 0.717) is 30.2 Å². The van der Waals surface area contributed by atoms with Crippen LogP contribution in [0.25, 0.3) is 0 Å². The normalized spacial score (nSPS) is 10.2. The van der Waals surface area contributed by atoms with Crippen molar-refractivity contribution in [1.29, 1.82) is 0 Å². The second-order valence-electron chi connectivity index (χ2n) is 3.57. The number of hydrogen-bond acceptors (Lipinski definition) is 5. The Hall–Kier alpha value is -1.82. The fourth-order valence-corrected chi connectivity index (χ4v) is 1.37. The van der Waals surface area contributed by atoms with Gasteiger partial charge < -0.3 is 20.2 Å². The lowest BCUT2D eigenvalue weighted by molar-refractivity contribution is -0.117. The van der Waals surface area contributed by atoms with Gasteiger partial charge in [-0.05, 0) is 13.0 Å². The van der Waals surface area contributed by atoms with E-state index in [4.69, 9.17) is 10.2 Å². The molecule has 0 aromatic carbocycles. The minimum Gasteiger partial charge on any atom is -0.465 e. The van der Waals surface area contributed by atoms with Crippen molar-refractivity contribution in [1.82, 2.24) is 5.32 Å². The highest BCUT2D eigenvalue weighted by molar-refractivity contribution is 5.90. The molecule has 0 spiro atoms. The highest BCUT2D eigenvalue weighted by atomic mass is 16.5. The summed E-state index contributed by atoms with van der Waals surface area (Å²) >= 11 is 0. The maximum Gasteiger partial charge on any atom is 0.341 e. The minimum absolute atomic E-state index is 0.267. The molecule has 1 heterocycles. The Bertz CT molecular complexity index is 412. The Balaban J connectivity index is 2.50. The molecule has 0 atom stereocenters. The number of furan rings is 1. The van der Waals surface area contributed by atoms with Crippen molar-refractivity contribution in [2.75, 3.05) is 13.7 Å². The van der Waals surface area contributed by atoms with E-state index in [2.05, 4.69) is 10.1 Å². The van der Waals surface area contributed by atoms with Gasteiger partial charge in [0.2, 0.25) is 5.91 Å². The first kappa shape index (κ1) is 13.2. The van der Waals surface area contributed by atoms with E-state index in [-0.39, 0.29) is 12.3 Å². The first-order valence-electron chi connectivity index (χ1n) is 5.21. The molecule has 0 unspecified atom stereocenters. The Morgan fingerprint density at radius 3 is 2.82 bits per heavy atom. The average Bonchev–Trinajstić information content (AvgIpc) is 2.65. The number of amides is 1. The highest BCUT2D eigenvalue weighted by Gasteiger charge is 2.14. The van der Waals surface area contributed by atoms with Crippen molar-refractivity contribution in [3.63, 3.8) is 0 Å². The monoisotopic (exact) mass is 240 g/mol. The van der Waals surface area contributed by atoms with Gasteiger partial charge in [0.15, 0.2) is 0 Å². The lowest BCUT2D eigenvalue weighted by Gasteiger charge is -1.99. The third-order valence-corrected chi connectivity index (χ3v) is 2.22. The number of nitrogens with two attached hydrogens (primary N) is 1. The molecule has 17 heavy (non-hydrogen) atoms. The van der Waals surface area contributed by atoms with E-state index < -0.39 is 5.97 Å². The number of primary amides is 1. The van der Waals surface area contributed by atoms with Crippen LogP contribution in [0.4, 0.5) is 0 Å². The number of hydrogen-bond donors (Lipinski definition) is 2. The van der Waals surface area contributed by atoms with Crippen molar-refractivity contribution < 1.29 is 18.7 Å². The van der Waals surface area contributed by atoms with Crippen LogP contribution >= 0.6 is 0 Å². The van der Waals surface area contributed by atoms with Crippen LogP contribution in [-0.2, 0) is 16.1 Å². The van der Waals surface area contributed by atoms with Crippen molar-refractivity contribution >= 4 is 11.9 Å². The summed E-state index contributed by atoms with van der Waals surface area (Å²) < 4.78 is 9.97. The molecule has 1 aromatic heterocycles.